The molecule has 0 aliphatic heterocycles. The van der Waals surface area contributed by atoms with Gasteiger partial charge in [0.25, 0.3) is 0 Å². The zero-order chi connectivity index (χ0) is 11.6. The second-order valence-electron chi connectivity index (χ2n) is 3.77. The minimum absolute atomic E-state index is 0.559. The summed E-state index contributed by atoms with van der Waals surface area (Å²) < 4.78 is 2.13. The highest BCUT2D eigenvalue weighted by Gasteiger charge is 2.18. The number of thioether (sulfide) groups is 1. The van der Waals surface area contributed by atoms with Crippen LogP contribution in [0.25, 0.3) is 10.2 Å². The van der Waals surface area contributed by atoms with E-state index in [0.717, 1.165) is 9.86 Å². The molecule has 16 heavy (non-hydrogen) atoms. The number of benzene rings is 1. The van der Waals surface area contributed by atoms with Gasteiger partial charge in [0.1, 0.15) is 5.54 Å². The van der Waals surface area contributed by atoms with Gasteiger partial charge in [0.2, 0.25) is 0 Å². The molecule has 0 amide bonds. The lowest BCUT2D eigenvalue weighted by Crippen LogP contribution is -2.36. The maximum absolute atomic E-state index is 8.81. The molecule has 1 aromatic carbocycles. The summed E-state index contributed by atoms with van der Waals surface area (Å²) in [4.78, 5) is 4.47. The number of hydrogen-bond donors (Lipinski definition) is 1. The number of rotatable bonds is 3. The number of thiazole rings is 1. The van der Waals surface area contributed by atoms with Gasteiger partial charge in [-0.25, -0.2) is 4.98 Å². The predicted octanol–water partition coefficient (Wildman–Crippen LogP) is 2.63. The number of nitrogens with zero attached hydrogens (tertiary/aromatic N) is 2. The minimum Gasteiger partial charge on any atom is -0.313 e. The van der Waals surface area contributed by atoms with Gasteiger partial charge in [0.15, 0.2) is 4.34 Å². The van der Waals surface area contributed by atoms with E-state index in [2.05, 4.69) is 11.1 Å². The number of aromatic nitrogens is 1. The van der Waals surface area contributed by atoms with Crippen LogP contribution in [0.2, 0.25) is 0 Å². The van der Waals surface area contributed by atoms with E-state index in [1.54, 1.807) is 18.3 Å². The molecule has 1 atom stereocenters. The molecule has 1 unspecified atom stereocenters. The molecule has 1 heterocycles. The average Bonchev–Trinajstić information content (AvgIpc) is 2.69. The molecule has 0 saturated heterocycles. The Bertz CT molecular complexity index is 506. The zero-order valence-corrected chi connectivity index (χ0v) is 10.4. The first kappa shape index (κ1) is 11.4. The number of para-hydroxylation sites is 1. The standard InChI is InChI=1S/C11H11N3S2/c1-11(13,6-12)7-15-10-14-8-4-2-3-5-9(8)16-10/h2-5H,7,13H2,1H3. The Hall–Kier alpha value is -1.09. The summed E-state index contributed by atoms with van der Waals surface area (Å²) in [5.41, 5.74) is 5.97. The highest BCUT2D eigenvalue weighted by Crippen LogP contribution is 2.30. The smallest absolute Gasteiger partial charge is 0.151 e. The number of nitrogens with two attached hydrogens (primary N) is 1. The fourth-order valence-corrected chi connectivity index (χ4v) is 3.19. The average molecular weight is 249 g/mol. The van der Waals surface area contributed by atoms with Crippen molar-refractivity contribution in [1.29, 1.82) is 5.26 Å². The Labute approximate surface area is 102 Å². The van der Waals surface area contributed by atoms with Crippen molar-refractivity contribution in [2.75, 3.05) is 5.75 Å². The van der Waals surface area contributed by atoms with Crippen LogP contribution in [-0.4, -0.2) is 16.3 Å². The molecule has 0 radical (unpaired) electrons. The number of hydrogen-bond acceptors (Lipinski definition) is 5. The van der Waals surface area contributed by atoms with Crippen LogP contribution in [0, 0.1) is 11.3 Å². The van der Waals surface area contributed by atoms with Gasteiger partial charge in [-0.3, -0.25) is 0 Å². The Morgan fingerprint density at radius 1 is 1.56 bits per heavy atom. The second-order valence-corrected chi connectivity index (χ2v) is 6.02. The topological polar surface area (TPSA) is 62.7 Å². The van der Waals surface area contributed by atoms with Crippen molar-refractivity contribution in [3.05, 3.63) is 24.3 Å². The van der Waals surface area contributed by atoms with E-state index in [0.29, 0.717) is 5.75 Å². The first-order valence-electron chi connectivity index (χ1n) is 4.79. The molecule has 0 spiro atoms. The van der Waals surface area contributed by atoms with Crippen molar-refractivity contribution >= 4 is 33.3 Å². The lowest BCUT2D eigenvalue weighted by molar-refractivity contribution is 0.682. The van der Waals surface area contributed by atoms with E-state index >= 15 is 0 Å². The van der Waals surface area contributed by atoms with Crippen LogP contribution in [0.15, 0.2) is 28.6 Å². The summed E-state index contributed by atoms with van der Waals surface area (Å²) in [6.07, 6.45) is 0. The van der Waals surface area contributed by atoms with Crippen LogP contribution in [0.1, 0.15) is 6.92 Å². The van der Waals surface area contributed by atoms with Gasteiger partial charge < -0.3 is 5.73 Å². The van der Waals surface area contributed by atoms with E-state index in [-0.39, 0.29) is 0 Å². The van der Waals surface area contributed by atoms with Gasteiger partial charge in [-0.15, -0.1) is 11.3 Å². The highest BCUT2D eigenvalue weighted by molar-refractivity contribution is 8.01. The predicted molar refractivity (Wildman–Crippen MR) is 68.5 cm³/mol. The van der Waals surface area contributed by atoms with Gasteiger partial charge in [0.05, 0.1) is 16.3 Å². The Balaban J connectivity index is 2.14. The second kappa shape index (κ2) is 4.42. The summed E-state index contributed by atoms with van der Waals surface area (Å²) in [5.74, 6) is 0.559. The molecule has 5 heteroatoms. The normalized spacial score (nSPS) is 14.6. The molecule has 2 aromatic rings. The number of nitriles is 1. The van der Waals surface area contributed by atoms with E-state index in [9.17, 15) is 0 Å². The lowest BCUT2D eigenvalue weighted by atomic mass is 10.1. The largest absolute Gasteiger partial charge is 0.313 e. The summed E-state index contributed by atoms with van der Waals surface area (Å²) >= 11 is 3.17. The van der Waals surface area contributed by atoms with Crippen molar-refractivity contribution in [3.8, 4) is 6.07 Å². The van der Waals surface area contributed by atoms with Crippen LogP contribution in [0.3, 0.4) is 0 Å². The molecular weight excluding hydrogens is 238 g/mol. The van der Waals surface area contributed by atoms with Gasteiger partial charge in [-0.2, -0.15) is 5.26 Å². The maximum Gasteiger partial charge on any atom is 0.151 e. The number of fused-ring (bicyclic) bond motifs is 1. The Morgan fingerprint density at radius 3 is 3.00 bits per heavy atom. The SMILES string of the molecule is CC(N)(C#N)CSc1nc2ccccc2s1. The lowest BCUT2D eigenvalue weighted by Gasteiger charge is -2.12. The fraction of sp³-hybridized carbons (Fsp3) is 0.273. The van der Waals surface area contributed by atoms with Gasteiger partial charge in [-0.05, 0) is 19.1 Å². The van der Waals surface area contributed by atoms with Gasteiger partial charge in [-0.1, -0.05) is 23.9 Å². The van der Waals surface area contributed by atoms with Crippen LogP contribution < -0.4 is 5.73 Å². The molecule has 0 aliphatic carbocycles. The summed E-state index contributed by atoms with van der Waals surface area (Å²) in [7, 11) is 0. The first-order valence-corrected chi connectivity index (χ1v) is 6.59. The molecule has 0 bridgehead atoms. The molecule has 82 valence electrons. The summed E-state index contributed by atoms with van der Waals surface area (Å²) in [5, 5.41) is 8.81. The van der Waals surface area contributed by atoms with Gasteiger partial charge in [0, 0.05) is 5.75 Å². The first-order chi connectivity index (χ1) is 7.61. The third-order valence-electron chi connectivity index (χ3n) is 2.03. The van der Waals surface area contributed by atoms with E-state index in [1.807, 2.05) is 24.3 Å². The van der Waals surface area contributed by atoms with Crippen molar-refractivity contribution in [2.24, 2.45) is 5.73 Å². The summed E-state index contributed by atoms with van der Waals surface area (Å²) in [6.45, 7) is 1.73. The molecule has 1 aromatic heterocycles. The van der Waals surface area contributed by atoms with E-state index < -0.39 is 5.54 Å². The van der Waals surface area contributed by atoms with Crippen molar-refractivity contribution < 1.29 is 0 Å². The zero-order valence-electron chi connectivity index (χ0n) is 8.80. The molecule has 0 aliphatic rings. The highest BCUT2D eigenvalue weighted by atomic mass is 32.2. The molecule has 2 N–H and O–H groups in total. The Kier molecular flexibility index (Phi) is 3.15. The van der Waals surface area contributed by atoms with Crippen LogP contribution in [0.5, 0.6) is 0 Å². The monoisotopic (exact) mass is 249 g/mol. The van der Waals surface area contributed by atoms with Crippen molar-refractivity contribution in [1.82, 2.24) is 4.98 Å². The molecule has 0 fully saturated rings. The molecule has 2 rings (SSSR count). The molecule has 0 saturated carbocycles. The summed E-state index contributed by atoms with van der Waals surface area (Å²) in [6, 6.07) is 10.1. The quantitative estimate of drug-likeness (QED) is 0.849. The third-order valence-corrected chi connectivity index (χ3v) is 4.54. The third kappa shape index (κ3) is 2.53. The Morgan fingerprint density at radius 2 is 2.31 bits per heavy atom. The van der Waals surface area contributed by atoms with Crippen LogP contribution >= 0.6 is 23.1 Å². The van der Waals surface area contributed by atoms with Gasteiger partial charge >= 0.3 is 0 Å². The fourth-order valence-electron chi connectivity index (χ4n) is 1.16. The molecule has 3 nitrogen and oxygen atoms in total. The van der Waals surface area contributed by atoms with E-state index in [1.165, 1.54) is 16.5 Å². The van der Waals surface area contributed by atoms with Crippen LogP contribution in [-0.2, 0) is 0 Å². The van der Waals surface area contributed by atoms with Crippen molar-refractivity contribution in [3.63, 3.8) is 0 Å². The van der Waals surface area contributed by atoms with E-state index in [4.69, 9.17) is 11.0 Å². The molecular formula is C11H11N3S2. The van der Waals surface area contributed by atoms with Crippen LogP contribution in [0.4, 0.5) is 0 Å². The minimum atomic E-state index is -0.789. The maximum atomic E-state index is 8.81. The van der Waals surface area contributed by atoms with Crippen molar-refractivity contribution in [2.45, 2.75) is 16.8 Å².